The van der Waals surface area contributed by atoms with Gasteiger partial charge >= 0.3 is 0 Å². The molecule has 1 aliphatic carbocycles. The summed E-state index contributed by atoms with van der Waals surface area (Å²) in [7, 11) is 0. The quantitative estimate of drug-likeness (QED) is 0.796. The first kappa shape index (κ1) is 17.8. The molecule has 2 heterocycles. The summed E-state index contributed by atoms with van der Waals surface area (Å²) in [5, 5.41) is 12.8. The highest BCUT2D eigenvalue weighted by Gasteiger charge is 2.37. The van der Waals surface area contributed by atoms with Crippen LogP contribution in [0.25, 0.3) is 0 Å². The normalized spacial score (nSPS) is 27.5. The second kappa shape index (κ2) is 7.48. The maximum Gasteiger partial charge on any atom is 0.209 e. The van der Waals surface area contributed by atoms with Crippen LogP contribution in [0, 0.1) is 0 Å². The molecule has 2 fully saturated rings. The fraction of sp³-hybridized carbons (Fsp3) is 0.944. The Morgan fingerprint density at radius 3 is 2.38 bits per heavy atom. The molecule has 2 aliphatic rings. The van der Waals surface area contributed by atoms with Crippen LogP contribution in [0.15, 0.2) is 0 Å². The Morgan fingerprint density at radius 2 is 1.79 bits per heavy atom. The molecule has 136 valence electrons. The number of hydrogen-bond donors (Lipinski definition) is 2. The van der Waals surface area contributed by atoms with Gasteiger partial charge in [-0.2, -0.15) is 0 Å². The Kier molecular flexibility index (Phi) is 5.55. The van der Waals surface area contributed by atoms with E-state index in [1.165, 1.54) is 64.7 Å². The van der Waals surface area contributed by atoms with E-state index < -0.39 is 0 Å². The van der Waals surface area contributed by atoms with Gasteiger partial charge in [0.15, 0.2) is 0 Å². The molecule has 0 unspecified atom stereocenters. The molecule has 6 nitrogen and oxygen atoms in total. The molecule has 0 aromatic carbocycles. The maximum absolute atomic E-state index is 4.45. The molecule has 3 rings (SSSR count). The van der Waals surface area contributed by atoms with Gasteiger partial charge in [-0.25, -0.2) is 4.68 Å². The topological polar surface area (TPSA) is 52.5 Å². The van der Waals surface area contributed by atoms with E-state index in [-0.39, 0.29) is 5.54 Å². The highest BCUT2D eigenvalue weighted by molar-refractivity contribution is 4.92. The second-order valence-electron chi connectivity index (χ2n) is 8.76. The number of rotatable bonds is 5. The maximum atomic E-state index is 4.45. The molecule has 0 bridgehead atoms. The molecule has 1 aromatic rings. The summed E-state index contributed by atoms with van der Waals surface area (Å²) in [5.41, 5.74) is -0.0544. The minimum atomic E-state index is -0.0544. The van der Waals surface area contributed by atoms with Crippen LogP contribution in [0.3, 0.4) is 0 Å². The lowest BCUT2D eigenvalue weighted by atomic mass is 10.0. The van der Waals surface area contributed by atoms with Gasteiger partial charge in [0.05, 0.1) is 11.6 Å². The Morgan fingerprint density at radius 1 is 1.12 bits per heavy atom. The third-order valence-electron chi connectivity index (χ3n) is 5.98. The largest absolute Gasteiger partial charge is 0.323 e. The summed E-state index contributed by atoms with van der Waals surface area (Å²) in [4.78, 5) is 3.56. The van der Waals surface area contributed by atoms with Gasteiger partial charge in [-0.15, -0.1) is 5.10 Å². The van der Waals surface area contributed by atoms with E-state index >= 15 is 0 Å². The van der Waals surface area contributed by atoms with Crippen molar-refractivity contribution >= 4 is 0 Å². The van der Waals surface area contributed by atoms with Gasteiger partial charge in [0, 0.05) is 6.42 Å². The fourth-order valence-electron chi connectivity index (χ4n) is 4.68. The molecule has 1 atom stereocenters. The number of aromatic nitrogens is 4. The van der Waals surface area contributed by atoms with Crippen molar-refractivity contribution in [2.75, 3.05) is 26.2 Å². The van der Waals surface area contributed by atoms with Gasteiger partial charge in [0.2, 0.25) is 5.82 Å². The van der Waals surface area contributed by atoms with Crippen LogP contribution in [0.2, 0.25) is 0 Å². The van der Waals surface area contributed by atoms with Crippen molar-refractivity contribution in [2.24, 2.45) is 0 Å². The van der Waals surface area contributed by atoms with E-state index in [1.54, 1.807) is 4.90 Å². The van der Waals surface area contributed by atoms with Crippen molar-refractivity contribution in [3.8, 4) is 0 Å². The minimum absolute atomic E-state index is 0.0544. The monoisotopic (exact) mass is 336 g/mol. The zero-order chi connectivity index (χ0) is 17.2. The van der Waals surface area contributed by atoms with Gasteiger partial charge in [0.1, 0.15) is 32.2 Å². The molecule has 0 spiro atoms. The van der Waals surface area contributed by atoms with Crippen LogP contribution in [-0.4, -0.2) is 52.4 Å². The van der Waals surface area contributed by atoms with Crippen molar-refractivity contribution in [1.82, 2.24) is 20.2 Å². The number of piperazine rings is 1. The van der Waals surface area contributed by atoms with Crippen molar-refractivity contribution in [3.05, 3.63) is 5.82 Å². The molecule has 0 amide bonds. The van der Waals surface area contributed by atoms with Crippen LogP contribution >= 0.6 is 0 Å². The van der Waals surface area contributed by atoms with Crippen LogP contribution in [0.5, 0.6) is 0 Å². The molecular formula is C18H36N6+2. The standard InChI is InChI=1S/C18H34N6/c1-5-8-16(17-19-20-21-24(17)18(2,3)4)23-13-11-22(12-14-23)15-9-6-7-10-15/h15-16H,5-14H2,1-4H3/p+2/t16-/m1/s1. The van der Waals surface area contributed by atoms with Gasteiger partial charge < -0.3 is 9.80 Å². The van der Waals surface area contributed by atoms with Crippen molar-refractivity contribution in [3.63, 3.8) is 0 Å². The lowest BCUT2D eigenvalue weighted by Gasteiger charge is -2.37. The third kappa shape index (κ3) is 3.80. The van der Waals surface area contributed by atoms with E-state index in [1.807, 2.05) is 4.90 Å². The van der Waals surface area contributed by atoms with E-state index in [9.17, 15) is 0 Å². The molecule has 0 radical (unpaired) electrons. The summed E-state index contributed by atoms with van der Waals surface area (Å²) in [6.45, 7) is 14.0. The summed E-state index contributed by atoms with van der Waals surface area (Å²) >= 11 is 0. The average molecular weight is 337 g/mol. The van der Waals surface area contributed by atoms with E-state index in [4.69, 9.17) is 0 Å². The fourth-order valence-corrected chi connectivity index (χ4v) is 4.68. The highest BCUT2D eigenvalue weighted by Crippen LogP contribution is 2.20. The van der Waals surface area contributed by atoms with Crippen molar-refractivity contribution in [2.45, 2.75) is 83.8 Å². The number of tetrazole rings is 1. The zero-order valence-electron chi connectivity index (χ0n) is 16.0. The van der Waals surface area contributed by atoms with E-state index in [2.05, 4.69) is 47.9 Å². The number of quaternary nitrogens is 2. The van der Waals surface area contributed by atoms with Crippen LogP contribution in [0.1, 0.15) is 78.1 Å². The first-order valence-corrected chi connectivity index (χ1v) is 9.98. The van der Waals surface area contributed by atoms with Gasteiger partial charge in [-0.05, 0) is 56.9 Å². The Balaban J connectivity index is 1.70. The highest BCUT2D eigenvalue weighted by atomic mass is 15.6. The molecule has 1 aromatic heterocycles. The molecule has 24 heavy (non-hydrogen) atoms. The Bertz CT molecular complexity index is 506. The number of nitrogens with zero attached hydrogens (tertiary/aromatic N) is 4. The second-order valence-corrected chi connectivity index (χ2v) is 8.76. The summed E-state index contributed by atoms with van der Waals surface area (Å²) < 4.78 is 2.05. The number of hydrogen-bond acceptors (Lipinski definition) is 3. The first-order valence-electron chi connectivity index (χ1n) is 9.98. The smallest absolute Gasteiger partial charge is 0.209 e. The summed E-state index contributed by atoms with van der Waals surface area (Å²) in [5.74, 6) is 1.09. The minimum Gasteiger partial charge on any atom is -0.323 e. The predicted molar refractivity (Wildman–Crippen MR) is 94.1 cm³/mol. The Hall–Kier alpha value is -1.01. The molecule has 1 aliphatic heterocycles. The van der Waals surface area contributed by atoms with Crippen LogP contribution in [0.4, 0.5) is 0 Å². The Labute approximate surface area is 146 Å². The molecule has 6 heteroatoms. The van der Waals surface area contributed by atoms with Crippen LogP contribution < -0.4 is 9.80 Å². The molecule has 2 N–H and O–H groups in total. The summed E-state index contributed by atoms with van der Waals surface area (Å²) in [6.07, 6.45) is 8.15. The van der Waals surface area contributed by atoms with Crippen molar-refractivity contribution in [1.29, 1.82) is 0 Å². The first-order chi connectivity index (χ1) is 11.5. The third-order valence-corrected chi connectivity index (χ3v) is 5.98. The van der Waals surface area contributed by atoms with Gasteiger partial charge in [-0.1, -0.05) is 13.3 Å². The van der Waals surface area contributed by atoms with E-state index in [0.29, 0.717) is 6.04 Å². The predicted octanol–water partition coefficient (Wildman–Crippen LogP) is -0.00470. The van der Waals surface area contributed by atoms with Crippen LogP contribution in [-0.2, 0) is 5.54 Å². The SMILES string of the molecule is CCC[C@H](c1nnnn1C(C)(C)C)[NH+]1CC[NH+](C2CCCC2)CC1. The van der Waals surface area contributed by atoms with Crippen molar-refractivity contribution < 1.29 is 9.80 Å². The molecule has 1 saturated heterocycles. The molecule has 1 saturated carbocycles. The lowest BCUT2D eigenvalue weighted by Crippen LogP contribution is -3.29. The molecular weight excluding hydrogens is 300 g/mol. The van der Waals surface area contributed by atoms with Gasteiger partial charge in [-0.3, -0.25) is 0 Å². The average Bonchev–Trinajstić information content (AvgIpc) is 3.23. The van der Waals surface area contributed by atoms with E-state index in [0.717, 1.165) is 11.9 Å². The number of nitrogens with one attached hydrogen (secondary N) is 2. The van der Waals surface area contributed by atoms with Gasteiger partial charge in [0.25, 0.3) is 0 Å². The summed E-state index contributed by atoms with van der Waals surface area (Å²) in [6, 6.07) is 1.38. The zero-order valence-corrected chi connectivity index (χ0v) is 16.0. The lowest BCUT2D eigenvalue weighted by molar-refractivity contribution is -1.04.